The van der Waals surface area contributed by atoms with Gasteiger partial charge in [0.2, 0.25) is 0 Å². The van der Waals surface area contributed by atoms with Crippen LogP contribution in [-0.2, 0) is 23.0 Å². The highest BCUT2D eigenvalue weighted by Crippen LogP contribution is 2.29. The fourth-order valence-electron chi connectivity index (χ4n) is 4.89. The molecule has 0 bridgehead atoms. The number of sulfonamides is 1. The number of nitrogens with two attached hydrogens (primary N) is 1. The van der Waals surface area contributed by atoms with Crippen LogP contribution in [0.25, 0.3) is 0 Å². The Labute approximate surface area is 227 Å². The van der Waals surface area contributed by atoms with E-state index in [4.69, 9.17) is 21.3 Å². The molecule has 11 heteroatoms. The van der Waals surface area contributed by atoms with Crippen LogP contribution in [0.2, 0.25) is 0 Å². The SMILES string of the molecule is CN(c1ccc2c(c1)CN(C(=N)N)CC2)S(=O)(=O)c1ccc(OC2CCN(C(=N)c3cccs3)CC2)cc1. The van der Waals surface area contributed by atoms with E-state index in [-0.39, 0.29) is 17.0 Å². The normalized spacial score (nSPS) is 16.1. The summed E-state index contributed by atoms with van der Waals surface area (Å²) in [6, 6.07) is 16.1. The largest absolute Gasteiger partial charge is 0.490 e. The van der Waals surface area contributed by atoms with Gasteiger partial charge < -0.3 is 20.3 Å². The van der Waals surface area contributed by atoms with Crippen LogP contribution in [0.4, 0.5) is 5.69 Å². The summed E-state index contributed by atoms with van der Waals surface area (Å²) in [5.74, 6) is 1.22. The zero-order chi connectivity index (χ0) is 26.9. The highest BCUT2D eigenvalue weighted by Gasteiger charge is 2.26. The first-order chi connectivity index (χ1) is 18.2. The maximum Gasteiger partial charge on any atom is 0.264 e. The molecular weight excluding hydrogens is 520 g/mol. The molecule has 1 aromatic heterocycles. The molecule has 0 radical (unpaired) electrons. The number of benzene rings is 2. The van der Waals surface area contributed by atoms with Gasteiger partial charge in [0.15, 0.2) is 5.96 Å². The van der Waals surface area contributed by atoms with E-state index in [2.05, 4.69) is 4.90 Å². The molecule has 4 N–H and O–H groups in total. The molecule has 2 aromatic carbocycles. The predicted octanol–water partition coefficient (Wildman–Crippen LogP) is 3.69. The van der Waals surface area contributed by atoms with Crippen LogP contribution in [0.1, 0.15) is 28.8 Å². The van der Waals surface area contributed by atoms with Crippen molar-refractivity contribution in [2.75, 3.05) is 31.0 Å². The summed E-state index contributed by atoms with van der Waals surface area (Å²) in [5.41, 5.74) is 8.35. The van der Waals surface area contributed by atoms with Crippen molar-refractivity contribution < 1.29 is 13.2 Å². The van der Waals surface area contributed by atoms with Crippen molar-refractivity contribution in [3.8, 4) is 5.75 Å². The van der Waals surface area contributed by atoms with Crippen molar-refractivity contribution >= 4 is 38.8 Å². The summed E-state index contributed by atoms with van der Waals surface area (Å²) in [6.45, 7) is 2.68. The van der Waals surface area contributed by atoms with Gasteiger partial charge in [-0.1, -0.05) is 12.1 Å². The third kappa shape index (κ3) is 5.34. The average molecular weight is 553 g/mol. The summed E-state index contributed by atoms with van der Waals surface area (Å²) in [7, 11) is -2.22. The number of nitrogens with one attached hydrogen (secondary N) is 2. The maximum absolute atomic E-state index is 13.4. The van der Waals surface area contributed by atoms with E-state index < -0.39 is 10.0 Å². The Balaban J connectivity index is 1.21. The summed E-state index contributed by atoms with van der Waals surface area (Å²) >= 11 is 1.57. The Morgan fingerprint density at radius 2 is 1.76 bits per heavy atom. The lowest BCUT2D eigenvalue weighted by Crippen LogP contribution is -2.41. The van der Waals surface area contributed by atoms with Crippen LogP contribution in [0.5, 0.6) is 5.75 Å². The molecule has 3 aromatic rings. The average Bonchev–Trinajstić information content (AvgIpc) is 3.47. The fourth-order valence-corrected chi connectivity index (χ4v) is 6.78. The molecule has 0 amide bonds. The molecule has 200 valence electrons. The van der Waals surface area contributed by atoms with Crippen molar-refractivity contribution in [2.45, 2.75) is 36.8 Å². The lowest BCUT2D eigenvalue weighted by atomic mass is 9.99. The van der Waals surface area contributed by atoms with Gasteiger partial charge in [0.25, 0.3) is 10.0 Å². The number of guanidine groups is 1. The number of amidine groups is 1. The number of thiophene rings is 1. The number of ether oxygens (including phenoxy) is 1. The number of piperidine rings is 1. The highest BCUT2D eigenvalue weighted by atomic mass is 32.2. The highest BCUT2D eigenvalue weighted by molar-refractivity contribution is 7.92. The minimum atomic E-state index is -3.77. The van der Waals surface area contributed by atoms with Crippen molar-refractivity contribution in [2.24, 2.45) is 5.73 Å². The lowest BCUT2D eigenvalue weighted by molar-refractivity contribution is 0.131. The van der Waals surface area contributed by atoms with E-state index in [0.29, 0.717) is 30.4 Å². The lowest BCUT2D eigenvalue weighted by Gasteiger charge is -2.33. The van der Waals surface area contributed by atoms with Crippen LogP contribution in [0, 0.1) is 10.8 Å². The molecular formula is C27H32N6O3S2. The second-order valence-corrected chi connectivity index (χ2v) is 12.5. The second-order valence-electron chi connectivity index (χ2n) is 9.58. The Bertz CT molecular complexity index is 1420. The van der Waals surface area contributed by atoms with Crippen LogP contribution >= 0.6 is 11.3 Å². The standard InChI is InChI=1S/C27H32N6O3S2/c1-31(21-5-4-19-10-13-33(27(29)30)18-20(19)17-21)38(34,35)24-8-6-22(7-9-24)36-23-11-14-32(15-12-23)26(28)25-3-2-16-37-25/h2-9,16-17,23,28H,10-15,18H2,1H3,(H3,29,30). The van der Waals surface area contributed by atoms with Gasteiger partial charge in [0.05, 0.1) is 15.5 Å². The van der Waals surface area contributed by atoms with Crippen molar-refractivity contribution in [3.05, 3.63) is 76.0 Å². The van der Waals surface area contributed by atoms with Crippen molar-refractivity contribution in [1.29, 1.82) is 10.8 Å². The third-order valence-corrected chi connectivity index (χ3v) is 9.88. The van der Waals surface area contributed by atoms with Gasteiger partial charge in [-0.3, -0.25) is 15.1 Å². The van der Waals surface area contributed by atoms with Gasteiger partial charge in [0.1, 0.15) is 17.7 Å². The number of fused-ring (bicyclic) bond motifs is 1. The van der Waals surface area contributed by atoms with Gasteiger partial charge in [-0.2, -0.15) is 0 Å². The van der Waals surface area contributed by atoms with Gasteiger partial charge in [0, 0.05) is 46.1 Å². The molecule has 0 spiro atoms. The fraction of sp³-hybridized carbons (Fsp3) is 0.333. The molecule has 1 saturated heterocycles. The zero-order valence-corrected chi connectivity index (χ0v) is 22.9. The van der Waals surface area contributed by atoms with Gasteiger partial charge in [-0.15, -0.1) is 11.3 Å². The minimum Gasteiger partial charge on any atom is -0.490 e. The van der Waals surface area contributed by atoms with E-state index >= 15 is 0 Å². The number of hydrogen-bond acceptors (Lipinski definition) is 6. The molecule has 0 unspecified atom stereocenters. The van der Waals surface area contributed by atoms with Crippen LogP contribution in [-0.4, -0.2) is 62.8 Å². The Hall–Kier alpha value is -3.57. The van der Waals surface area contributed by atoms with Crippen LogP contribution in [0.3, 0.4) is 0 Å². The number of anilines is 1. The van der Waals surface area contributed by atoms with E-state index in [9.17, 15) is 8.42 Å². The van der Waals surface area contributed by atoms with E-state index in [1.807, 2.05) is 35.7 Å². The topological polar surface area (TPSA) is 127 Å². The van der Waals surface area contributed by atoms with Crippen LogP contribution < -0.4 is 14.8 Å². The minimum absolute atomic E-state index is 0.0211. The summed E-state index contributed by atoms with van der Waals surface area (Å²) in [5, 5.41) is 18.1. The molecule has 5 rings (SSSR count). The predicted molar refractivity (Wildman–Crippen MR) is 151 cm³/mol. The Morgan fingerprint density at radius 3 is 2.42 bits per heavy atom. The van der Waals surface area contributed by atoms with E-state index in [1.165, 1.54) is 4.31 Å². The molecule has 0 aliphatic carbocycles. The van der Waals surface area contributed by atoms with Crippen molar-refractivity contribution in [3.63, 3.8) is 0 Å². The zero-order valence-electron chi connectivity index (χ0n) is 21.3. The second kappa shape index (κ2) is 10.7. The quantitative estimate of drug-likeness (QED) is 0.316. The molecule has 1 fully saturated rings. The van der Waals surface area contributed by atoms with Gasteiger partial charge in [-0.25, -0.2) is 8.42 Å². The van der Waals surface area contributed by atoms with E-state index in [1.54, 1.807) is 47.5 Å². The Kier molecular flexibility index (Phi) is 7.31. The molecule has 2 aliphatic rings. The first-order valence-electron chi connectivity index (χ1n) is 12.6. The summed E-state index contributed by atoms with van der Waals surface area (Å²) in [4.78, 5) is 5.02. The monoisotopic (exact) mass is 552 g/mol. The van der Waals surface area contributed by atoms with Gasteiger partial charge in [-0.05, 0) is 65.4 Å². The first-order valence-corrected chi connectivity index (χ1v) is 14.9. The molecule has 3 heterocycles. The summed E-state index contributed by atoms with van der Waals surface area (Å²) < 4.78 is 34.2. The molecule has 0 atom stereocenters. The number of nitrogens with zero attached hydrogens (tertiary/aromatic N) is 3. The van der Waals surface area contributed by atoms with Crippen molar-refractivity contribution in [1.82, 2.24) is 9.80 Å². The molecule has 2 aliphatic heterocycles. The maximum atomic E-state index is 13.4. The number of rotatable bonds is 6. The van der Waals surface area contributed by atoms with E-state index in [0.717, 1.165) is 48.4 Å². The molecule has 9 nitrogen and oxygen atoms in total. The van der Waals surface area contributed by atoms with Gasteiger partial charge >= 0.3 is 0 Å². The van der Waals surface area contributed by atoms with Crippen LogP contribution in [0.15, 0.2) is 64.9 Å². The smallest absolute Gasteiger partial charge is 0.264 e. The third-order valence-electron chi connectivity index (χ3n) is 7.20. The molecule has 38 heavy (non-hydrogen) atoms. The Morgan fingerprint density at radius 1 is 1.03 bits per heavy atom. The number of hydrogen-bond donors (Lipinski definition) is 3. The number of likely N-dealkylation sites (tertiary alicyclic amines) is 1. The molecule has 0 saturated carbocycles. The first kappa shape index (κ1) is 26.1. The summed E-state index contributed by atoms with van der Waals surface area (Å²) in [6.07, 6.45) is 2.40.